The van der Waals surface area contributed by atoms with Crippen LogP contribution in [0.5, 0.6) is 5.75 Å². The number of carbonyl (C=O) groups excluding carboxylic acids is 2. The van der Waals surface area contributed by atoms with E-state index >= 15 is 0 Å². The maximum atomic E-state index is 13.2. The maximum Gasteiger partial charge on any atom is 0.270 e. The molecule has 35 heavy (non-hydrogen) atoms. The third-order valence-electron chi connectivity index (χ3n) is 5.49. The fourth-order valence-electron chi connectivity index (χ4n) is 3.57. The molecule has 1 fully saturated rings. The largest absolute Gasteiger partial charge is 0.488 e. The average Bonchev–Trinajstić information content (AvgIpc) is 2.86. The first kappa shape index (κ1) is 24.3. The molecular weight excluding hydrogens is 526 g/mol. The summed E-state index contributed by atoms with van der Waals surface area (Å²) in [6.07, 6.45) is 2.40. The van der Waals surface area contributed by atoms with Gasteiger partial charge in [0.25, 0.3) is 11.8 Å². The van der Waals surface area contributed by atoms with Crippen molar-refractivity contribution in [2.24, 2.45) is 0 Å². The van der Waals surface area contributed by atoms with Gasteiger partial charge in [-0.3, -0.25) is 19.8 Å². The molecule has 0 spiro atoms. The average molecular weight is 546 g/mol. The summed E-state index contributed by atoms with van der Waals surface area (Å²) >= 11 is 8.76. The topological polar surface area (TPSA) is 82.4 Å². The van der Waals surface area contributed by atoms with Crippen molar-refractivity contribution in [3.05, 3.63) is 99.0 Å². The number of anilines is 1. The molecule has 0 bridgehead atoms. The van der Waals surface area contributed by atoms with Crippen LogP contribution in [-0.4, -0.2) is 16.9 Å². The van der Waals surface area contributed by atoms with Crippen molar-refractivity contribution in [1.29, 1.82) is 5.26 Å². The molecule has 1 saturated heterocycles. The first-order valence-corrected chi connectivity index (χ1v) is 12.0. The number of rotatable bonds is 6. The highest BCUT2D eigenvalue weighted by Gasteiger charge is 2.34. The molecule has 6 nitrogen and oxygen atoms in total. The maximum absolute atomic E-state index is 13.2. The predicted octanol–water partition coefficient (Wildman–Crippen LogP) is 5.29. The first-order chi connectivity index (χ1) is 16.9. The monoisotopic (exact) mass is 545 g/mol. The van der Waals surface area contributed by atoms with Crippen LogP contribution in [0.25, 0.3) is 6.08 Å². The first-order valence-electron chi connectivity index (χ1n) is 10.8. The minimum absolute atomic E-state index is 0.0262. The van der Waals surface area contributed by atoms with Crippen molar-refractivity contribution in [3.8, 4) is 11.8 Å². The number of aryl methyl sites for hydroxylation is 1. The van der Waals surface area contributed by atoms with Crippen LogP contribution in [0.1, 0.15) is 29.2 Å². The number of nitrogens with one attached hydrogen (secondary N) is 1. The van der Waals surface area contributed by atoms with Gasteiger partial charge in [-0.1, -0.05) is 43.3 Å². The minimum atomic E-state index is -0.550. The second kappa shape index (κ2) is 10.6. The molecule has 0 radical (unpaired) electrons. The summed E-state index contributed by atoms with van der Waals surface area (Å²) in [5.74, 6) is -0.475. The number of hydrogen-bond donors (Lipinski definition) is 1. The lowest BCUT2D eigenvalue weighted by atomic mass is 10.1. The zero-order valence-corrected chi connectivity index (χ0v) is 21.2. The zero-order valence-electron chi connectivity index (χ0n) is 18.7. The lowest BCUT2D eigenvalue weighted by Crippen LogP contribution is -2.54. The molecule has 0 atom stereocenters. The van der Waals surface area contributed by atoms with Crippen LogP contribution in [0, 0.1) is 11.3 Å². The van der Waals surface area contributed by atoms with Gasteiger partial charge in [0.15, 0.2) is 5.11 Å². The van der Waals surface area contributed by atoms with E-state index in [1.807, 2.05) is 43.3 Å². The molecule has 1 aliphatic heterocycles. The Morgan fingerprint density at radius 1 is 1.11 bits per heavy atom. The summed E-state index contributed by atoms with van der Waals surface area (Å²) < 4.78 is 6.52. The van der Waals surface area contributed by atoms with Gasteiger partial charge in [0, 0.05) is 5.56 Å². The number of thiocarbonyl (C=S) groups is 1. The summed E-state index contributed by atoms with van der Waals surface area (Å²) in [6.45, 7) is 2.28. The molecule has 3 aromatic carbocycles. The lowest BCUT2D eigenvalue weighted by Gasteiger charge is -2.29. The molecule has 1 aliphatic rings. The Hall–Kier alpha value is -3.80. The number of benzene rings is 3. The highest BCUT2D eigenvalue weighted by molar-refractivity contribution is 9.10. The van der Waals surface area contributed by atoms with Crippen LogP contribution in [0.4, 0.5) is 5.69 Å². The van der Waals surface area contributed by atoms with E-state index in [-0.39, 0.29) is 17.3 Å². The van der Waals surface area contributed by atoms with Gasteiger partial charge >= 0.3 is 0 Å². The summed E-state index contributed by atoms with van der Waals surface area (Å²) in [4.78, 5) is 27.1. The highest BCUT2D eigenvalue weighted by atomic mass is 79.9. The van der Waals surface area contributed by atoms with Gasteiger partial charge < -0.3 is 4.74 Å². The van der Waals surface area contributed by atoms with Gasteiger partial charge in [-0.2, -0.15) is 5.26 Å². The second-order valence-electron chi connectivity index (χ2n) is 7.73. The van der Waals surface area contributed by atoms with E-state index in [1.54, 1.807) is 30.3 Å². The van der Waals surface area contributed by atoms with Gasteiger partial charge in [-0.15, -0.1) is 0 Å². The molecule has 3 aromatic rings. The van der Waals surface area contributed by atoms with Crippen LogP contribution in [0.2, 0.25) is 0 Å². The number of nitriles is 1. The van der Waals surface area contributed by atoms with Gasteiger partial charge in [-0.05, 0) is 82.1 Å². The predicted molar refractivity (Wildman–Crippen MR) is 142 cm³/mol. The van der Waals surface area contributed by atoms with E-state index in [9.17, 15) is 14.9 Å². The van der Waals surface area contributed by atoms with Crippen LogP contribution < -0.4 is 15.0 Å². The Morgan fingerprint density at radius 2 is 1.86 bits per heavy atom. The second-order valence-corrected chi connectivity index (χ2v) is 8.97. The van der Waals surface area contributed by atoms with Crippen molar-refractivity contribution in [3.63, 3.8) is 0 Å². The van der Waals surface area contributed by atoms with Gasteiger partial charge in [0.2, 0.25) is 0 Å². The van der Waals surface area contributed by atoms with Crippen molar-refractivity contribution in [2.75, 3.05) is 4.90 Å². The number of ether oxygens (including phenoxy) is 1. The number of amides is 2. The fraction of sp³-hybridized carbons (Fsp3) is 0.111. The normalized spacial score (nSPS) is 14.6. The standard InChI is InChI=1S/C27H20BrN3O3S/c1-2-17-7-10-21(11-8-17)31-26(33)22(25(32)30-27(31)35)13-18-9-12-24(23(28)14-18)34-16-20-6-4-3-5-19(20)15-29/h3-14H,2,16H2,1H3,(H,30,32,35)/b22-13+. The van der Waals surface area contributed by atoms with E-state index < -0.39 is 11.8 Å². The molecule has 1 heterocycles. The van der Waals surface area contributed by atoms with E-state index in [0.29, 0.717) is 27.0 Å². The Balaban J connectivity index is 1.56. The van der Waals surface area contributed by atoms with Gasteiger partial charge in [-0.25, -0.2) is 0 Å². The third kappa shape index (κ3) is 5.32. The van der Waals surface area contributed by atoms with Gasteiger partial charge in [0.05, 0.1) is 21.8 Å². The van der Waals surface area contributed by atoms with Crippen LogP contribution in [-0.2, 0) is 22.6 Å². The molecule has 0 aromatic heterocycles. The zero-order chi connectivity index (χ0) is 24.9. The molecule has 1 N–H and O–H groups in total. The van der Waals surface area contributed by atoms with E-state index in [0.717, 1.165) is 17.5 Å². The minimum Gasteiger partial charge on any atom is -0.488 e. The fourth-order valence-corrected chi connectivity index (χ4v) is 4.37. The number of nitrogens with zero attached hydrogens (tertiary/aromatic N) is 2. The summed E-state index contributed by atoms with van der Waals surface area (Å²) in [5, 5.41) is 11.9. The third-order valence-corrected chi connectivity index (χ3v) is 6.40. The molecule has 0 unspecified atom stereocenters. The lowest BCUT2D eigenvalue weighted by molar-refractivity contribution is -0.122. The Bertz CT molecular complexity index is 1390. The molecule has 0 aliphatic carbocycles. The number of halogens is 1. The van der Waals surface area contributed by atoms with Crippen molar-refractivity contribution in [1.82, 2.24) is 5.32 Å². The molecule has 8 heteroatoms. The molecular formula is C27H20BrN3O3S. The van der Waals surface area contributed by atoms with Crippen LogP contribution in [0.3, 0.4) is 0 Å². The molecule has 2 amide bonds. The van der Waals surface area contributed by atoms with Gasteiger partial charge in [0.1, 0.15) is 17.9 Å². The summed E-state index contributed by atoms with van der Waals surface area (Å²) in [6, 6.07) is 22.1. The number of hydrogen-bond acceptors (Lipinski definition) is 5. The molecule has 174 valence electrons. The SMILES string of the molecule is CCc1ccc(N2C(=O)/C(=C/c3ccc(OCc4ccccc4C#N)c(Br)c3)C(=O)NC2=S)cc1. The van der Waals surface area contributed by atoms with Crippen LogP contribution in [0.15, 0.2) is 76.8 Å². The molecule has 0 saturated carbocycles. The van der Waals surface area contributed by atoms with Crippen molar-refractivity contribution in [2.45, 2.75) is 20.0 Å². The van der Waals surface area contributed by atoms with Crippen molar-refractivity contribution < 1.29 is 14.3 Å². The number of carbonyl (C=O) groups is 2. The van der Waals surface area contributed by atoms with E-state index in [2.05, 4.69) is 27.3 Å². The quantitative estimate of drug-likeness (QED) is 0.258. The van der Waals surface area contributed by atoms with Crippen LogP contribution >= 0.6 is 28.1 Å². The molecule has 4 rings (SSSR count). The smallest absolute Gasteiger partial charge is 0.270 e. The van der Waals surface area contributed by atoms with E-state index in [4.69, 9.17) is 17.0 Å². The Morgan fingerprint density at radius 3 is 2.54 bits per heavy atom. The van der Waals surface area contributed by atoms with Crippen molar-refractivity contribution >= 4 is 56.8 Å². The summed E-state index contributed by atoms with van der Waals surface area (Å²) in [7, 11) is 0. The Kier molecular flexibility index (Phi) is 7.39. The highest BCUT2D eigenvalue weighted by Crippen LogP contribution is 2.29. The Labute approximate surface area is 216 Å². The van der Waals surface area contributed by atoms with E-state index in [1.165, 1.54) is 11.0 Å². The summed E-state index contributed by atoms with van der Waals surface area (Å²) in [5.41, 5.74) is 3.66.